The Morgan fingerprint density at radius 2 is 2.00 bits per heavy atom. The second-order valence-corrected chi connectivity index (χ2v) is 4.61. The molecule has 1 aromatic heterocycles. The van der Waals surface area contributed by atoms with Crippen molar-refractivity contribution in [2.24, 2.45) is 5.92 Å². The van der Waals surface area contributed by atoms with Crippen molar-refractivity contribution in [1.82, 2.24) is 10.1 Å². The van der Waals surface area contributed by atoms with Gasteiger partial charge in [0.05, 0.1) is 0 Å². The number of benzene rings is 1. The quantitative estimate of drug-likeness (QED) is 0.824. The van der Waals surface area contributed by atoms with E-state index in [1.165, 1.54) is 0 Å². The first-order chi connectivity index (χ1) is 8.08. The van der Waals surface area contributed by atoms with E-state index in [1.54, 1.807) is 0 Å². The van der Waals surface area contributed by atoms with Crippen LogP contribution in [0.4, 0.5) is 5.69 Å². The van der Waals surface area contributed by atoms with Crippen molar-refractivity contribution < 1.29 is 4.52 Å². The molecule has 4 nitrogen and oxygen atoms in total. The topological polar surface area (TPSA) is 64.9 Å². The SMILES string of the molecule is CC(C)C(C)c1nc(-c2cccc(N)c2)no1. The first-order valence-corrected chi connectivity index (χ1v) is 5.77. The van der Waals surface area contributed by atoms with Gasteiger partial charge in [0, 0.05) is 17.2 Å². The molecule has 1 unspecified atom stereocenters. The van der Waals surface area contributed by atoms with Crippen LogP contribution in [-0.2, 0) is 0 Å². The normalized spacial score (nSPS) is 12.9. The number of hydrogen-bond acceptors (Lipinski definition) is 4. The Balaban J connectivity index is 2.30. The molecule has 1 atom stereocenters. The van der Waals surface area contributed by atoms with Crippen LogP contribution >= 0.6 is 0 Å². The maximum atomic E-state index is 5.72. The van der Waals surface area contributed by atoms with Gasteiger partial charge in [-0.1, -0.05) is 38.1 Å². The van der Waals surface area contributed by atoms with E-state index in [4.69, 9.17) is 10.3 Å². The minimum atomic E-state index is 0.261. The van der Waals surface area contributed by atoms with Crippen LogP contribution in [0.15, 0.2) is 28.8 Å². The molecule has 0 spiro atoms. The molecule has 0 fully saturated rings. The number of aromatic nitrogens is 2. The van der Waals surface area contributed by atoms with Crippen LogP contribution in [0.2, 0.25) is 0 Å². The Morgan fingerprint density at radius 1 is 1.24 bits per heavy atom. The Kier molecular flexibility index (Phi) is 3.13. The third-order valence-electron chi connectivity index (χ3n) is 2.98. The molecule has 0 saturated heterocycles. The summed E-state index contributed by atoms with van der Waals surface area (Å²) in [7, 11) is 0. The monoisotopic (exact) mass is 231 g/mol. The summed E-state index contributed by atoms with van der Waals surface area (Å²) in [5.41, 5.74) is 7.31. The minimum absolute atomic E-state index is 0.261. The largest absolute Gasteiger partial charge is 0.399 e. The van der Waals surface area contributed by atoms with Crippen LogP contribution in [0.5, 0.6) is 0 Å². The lowest BCUT2D eigenvalue weighted by Gasteiger charge is -2.08. The fraction of sp³-hybridized carbons (Fsp3) is 0.385. The molecule has 0 bridgehead atoms. The summed E-state index contributed by atoms with van der Waals surface area (Å²) in [6.45, 7) is 6.35. The summed E-state index contributed by atoms with van der Waals surface area (Å²) >= 11 is 0. The van der Waals surface area contributed by atoms with Gasteiger partial charge in [0.2, 0.25) is 11.7 Å². The van der Waals surface area contributed by atoms with Crippen molar-refractivity contribution in [2.45, 2.75) is 26.7 Å². The van der Waals surface area contributed by atoms with Crippen molar-refractivity contribution in [3.8, 4) is 11.4 Å². The fourth-order valence-electron chi connectivity index (χ4n) is 1.50. The molecule has 2 aromatic rings. The van der Waals surface area contributed by atoms with Gasteiger partial charge in [-0.15, -0.1) is 0 Å². The lowest BCUT2D eigenvalue weighted by Crippen LogP contribution is -2.02. The van der Waals surface area contributed by atoms with Gasteiger partial charge in [-0.2, -0.15) is 4.98 Å². The average Bonchev–Trinajstić information content (AvgIpc) is 2.77. The highest BCUT2D eigenvalue weighted by Gasteiger charge is 2.18. The maximum absolute atomic E-state index is 5.72. The summed E-state index contributed by atoms with van der Waals surface area (Å²) < 4.78 is 5.28. The number of anilines is 1. The van der Waals surface area contributed by atoms with Crippen molar-refractivity contribution in [3.05, 3.63) is 30.2 Å². The van der Waals surface area contributed by atoms with Crippen LogP contribution in [-0.4, -0.2) is 10.1 Å². The Labute approximate surface area is 101 Å². The standard InChI is InChI=1S/C13H17N3O/c1-8(2)9(3)13-15-12(16-17-13)10-5-4-6-11(14)7-10/h4-9H,14H2,1-3H3. The van der Waals surface area contributed by atoms with Crippen LogP contribution < -0.4 is 5.73 Å². The van der Waals surface area contributed by atoms with Gasteiger partial charge in [-0.05, 0) is 18.1 Å². The summed E-state index contributed by atoms with van der Waals surface area (Å²) in [4.78, 5) is 4.41. The van der Waals surface area contributed by atoms with Crippen LogP contribution in [0.1, 0.15) is 32.6 Å². The first-order valence-electron chi connectivity index (χ1n) is 5.77. The summed E-state index contributed by atoms with van der Waals surface area (Å²) in [5.74, 6) is 2.01. The minimum Gasteiger partial charge on any atom is -0.399 e. The van der Waals surface area contributed by atoms with E-state index in [1.807, 2.05) is 24.3 Å². The Hall–Kier alpha value is -1.84. The van der Waals surface area contributed by atoms with Gasteiger partial charge in [-0.25, -0.2) is 0 Å². The van der Waals surface area contributed by atoms with Crippen molar-refractivity contribution in [2.75, 3.05) is 5.73 Å². The molecular formula is C13H17N3O. The van der Waals surface area contributed by atoms with Crippen LogP contribution in [0.25, 0.3) is 11.4 Å². The van der Waals surface area contributed by atoms with Gasteiger partial charge < -0.3 is 10.3 Å². The predicted octanol–water partition coefficient (Wildman–Crippen LogP) is 3.08. The second kappa shape index (κ2) is 4.57. The molecule has 0 amide bonds. The van der Waals surface area contributed by atoms with Crippen molar-refractivity contribution >= 4 is 5.69 Å². The molecule has 0 saturated carbocycles. The van der Waals surface area contributed by atoms with Gasteiger partial charge in [0.1, 0.15) is 0 Å². The smallest absolute Gasteiger partial charge is 0.230 e. The third-order valence-corrected chi connectivity index (χ3v) is 2.98. The molecule has 90 valence electrons. The van der Waals surface area contributed by atoms with Gasteiger partial charge in [0.25, 0.3) is 0 Å². The molecule has 0 aliphatic heterocycles. The number of rotatable bonds is 3. The summed E-state index contributed by atoms with van der Waals surface area (Å²) in [6, 6.07) is 7.48. The zero-order chi connectivity index (χ0) is 12.4. The zero-order valence-corrected chi connectivity index (χ0v) is 10.3. The Morgan fingerprint density at radius 3 is 2.65 bits per heavy atom. The highest BCUT2D eigenvalue weighted by Crippen LogP contribution is 2.25. The first kappa shape index (κ1) is 11.6. The second-order valence-electron chi connectivity index (χ2n) is 4.61. The number of hydrogen-bond donors (Lipinski definition) is 1. The molecule has 2 rings (SSSR count). The molecular weight excluding hydrogens is 214 g/mol. The van der Waals surface area contributed by atoms with Gasteiger partial charge in [-0.3, -0.25) is 0 Å². The molecule has 0 radical (unpaired) electrons. The van der Waals surface area contributed by atoms with E-state index in [0.29, 0.717) is 23.3 Å². The molecule has 4 heteroatoms. The summed E-state index contributed by atoms with van der Waals surface area (Å²) in [5, 5.41) is 3.99. The number of nitrogen functional groups attached to an aromatic ring is 1. The fourth-order valence-corrected chi connectivity index (χ4v) is 1.50. The lowest BCUT2D eigenvalue weighted by molar-refractivity contribution is 0.332. The molecule has 2 N–H and O–H groups in total. The third kappa shape index (κ3) is 2.46. The average molecular weight is 231 g/mol. The van der Waals surface area contributed by atoms with Crippen LogP contribution in [0, 0.1) is 5.92 Å². The van der Waals surface area contributed by atoms with Crippen molar-refractivity contribution in [3.63, 3.8) is 0 Å². The number of nitrogens with two attached hydrogens (primary N) is 1. The lowest BCUT2D eigenvalue weighted by atomic mass is 9.98. The molecule has 0 aliphatic rings. The summed E-state index contributed by atoms with van der Waals surface area (Å²) in [6.07, 6.45) is 0. The highest BCUT2D eigenvalue weighted by atomic mass is 16.5. The van der Waals surface area contributed by atoms with Crippen LogP contribution in [0.3, 0.4) is 0 Å². The Bertz CT molecular complexity index is 505. The molecule has 17 heavy (non-hydrogen) atoms. The van der Waals surface area contributed by atoms with E-state index in [9.17, 15) is 0 Å². The molecule has 1 aromatic carbocycles. The molecule has 0 aliphatic carbocycles. The maximum Gasteiger partial charge on any atom is 0.230 e. The number of nitrogens with zero attached hydrogens (tertiary/aromatic N) is 2. The highest BCUT2D eigenvalue weighted by molar-refractivity contribution is 5.60. The van der Waals surface area contributed by atoms with E-state index >= 15 is 0 Å². The van der Waals surface area contributed by atoms with Crippen molar-refractivity contribution in [1.29, 1.82) is 0 Å². The predicted molar refractivity (Wildman–Crippen MR) is 67.4 cm³/mol. The van der Waals surface area contributed by atoms with E-state index in [0.717, 1.165) is 5.56 Å². The van der Waals surface area contributed by atoms with E-state index in [-0.39, 0.29) is 5.92 Å². The van der Waals surface area contributed by atoms with E-state index in [2.05, 4.69) is 30.9 Å². The van der Waals surface area contributed by atoms with Gasteiger partial charge >= 0.3 is 0 Å². The van der Waals surface area contributed by atoms with Gasteiger partial charge in [0.15, 0.2) is 0 Å². The van der Waals surface area contributed by atoms with E-state index < -0.39 is 0 Å². The zero-order valence-electron chi connectivity index (χ0n) is 10.3. The molecule has 1 heterocycles.